The van der Waals surface area contributed by atoms with E-state index >= 15 is 0 Å². The van der Waals surface area contributed by atoms with Crippen LogP contribution >= 0.6 is 0 Å². The number of nitrogens with one attached hydrogen (secondary N) is 1. The van der Waals surface area contributed by atoms with Crippen LogP contribution in [0, 0.1) is 12.8 Å². The van der Waals surface area contributed by atoms with E-state index in [2.05, 4.69) is 73.5 Å². The molecule has 3 nitrogen and oxygen atoms in total. The van der Waals surface area contributed by atoms with Crippen LogP contribution in [0.15, 0.2) is 42.5 Å². The van der Waals surface area contributed by atoms with Crippen molar-refractivity contribution in [2.45, 2.75) is 53.0 Å². The number of rotatable bonds is 6. The summed E-state index contributed by atoms with van der Waals surface area (Å²) in [6.45, 7) is 9.39. The van der Waals surface area contributed by atoms with E-state index in [1.807, 2.05) is 0 Å². The molecule has 1 fully saturated rings. The molecule has 1 heterocycles. The first-order valence-corrected chi connectivity index (χ1v) is 10.3. The van der Waals surface area contributed by atoms with Gasteiger partial charge in [0, 0.05) is 18.2 Å². The summed E-state index contributed by atoms with van der Waals surface area (Å²) in [4.78, 5) is 15.4. The van der Waals surface area contributed by atoms with Crippen LogP contribution in [0.1, 0.15) is 48.9 Å². The Kier molecular flexibility index (Phi) is 6.68. The molecule has 3 rings (SSSR count). The quantitative estimate of drug-likeness (QED) is 0.785. The first kappa shape index (κ1) is 19.6. The Morgan fingerprint density at radius 1 is 1.04 bits per heavy atom. The fourth-order valence-corrected chi connectivity index (χ4v) is 4.05. The number of anilines is 1. The summed E-state index contributed by atoms with van der Waals surface area (Å²) in [5.74, 6) is 0.314. The summed E-state index contributed by atoms with van der Waals surface area (Å²) in [5, 5.41) is 3.27. The number of aryl methyl sites for hydroxylation is 3. The zero-order valence-corrected chi connectivity index (χ0v) is 16.9. The predicted octanol–water partition coefficient (Wildman–Crippen LogP) is 4.97. The molecule has 3 heteroatoms. The number of para-hydroxylation sites is 1. The number of nitrogens with zero attached hydrogens (tertiary/aromatic N) is 1. The smallest absolute Gasteiger partial charge is 0.227 e. The minimum absolute atomic E-state index is 0.119. The van der Waals surface area contributed by atoms with Gasteiger partial charge in [0.25, 0.3) is 0 Å². The van der Waals surface area contributed by atoms with Crippen molar-refractivity contribution >= 4 is 11.6 Å². The van der Waals surface area contributed by atoms with Crippen LogP contribution in [0.4, 0.5) is 5.69 Å². The average molecular weight is 365 g/mol. The lowest BCUT2D eigenvalue weighted by molar-refractivity contribution is -0.121. The topological polar surface area (TPSA) is 32.3 Å². The van der Waals surface area contributed by atoms with Crippen molar-refractivity contribution < 1.29 is 4.79 Å². The molecular formula is C24H32N2O. The van der Waals surface area contributed by atoms with E-state index in [0.29, 0.717) is 0 Å². The number of hydrogen-bond acceptors (Lipinski definition) is 2. The Bertz CT molecular complexity index is 753. The third-order valence-corrected chi connectivity index (χ3v) is 5.69. The summed E-state index contributed by atoms with van der Waals surface area (Å²) < 4.78 is 0. The SMILES string of the molecule is CCc1cccc(CC)c1NC(=O)C1CCN(Cc2cccc(C)c2)CC1. The standard InChI is InChI=1S/C24H32N2O/c1-4-20-10-7-11-21(5-2)23(20)25-24(27)22-12-14-26(15-13-22)17-19-9-6-8-18(3)16-19/h6-11,16,22H,4-5,12-15,17H2,1-3H3,(H,25,27). The third kappa shape index (κ3) is 4.98. The molecule has 1 N–H and O–H groups in total. The van der Waals surface area contributed by atoms with Crippen molar-refractivity contribution in [1.82, 2.24) is 4.90 Å². The van der Waals surface area contributed by atoms with Gasteiger partial charge >= 0.3 is 0 Å². The Morgan fingerprint density at radius 3 is 2.26 bits per heavy atom. The number of piperidine rings is 1. The molecule has 0 aromatic heterocycles. The molecule has 0 unspecified atom stereocenters. The van der Waals surface area contributed by atoms with Gasteiger partial charge in [0.15, 0.2) is 0 Å². The van der Waals surface area contributed by atoms with Crippen molar-refractivity contribution in [2.75, 3.05) is 18.4 Å². The second kappa shape index (κ2) is 9.18. The zero-order chi connectivity index (χ0) is 19.2. The van der Waals surface area contributed by atoms with E-state index in [1.54, 1.807) is 0 Å². The van der Waals surface area contributed by atoms with Crippen LogP contribution in [-0.4, -0.2) is 23.9 Å². The summed E-state index contributed by atoms with van der Waals surface area (Å²) in [5.41, 5.74) is 6.19. The maximum absolute atomic E-state index is 12.9. The van der Waals surface area contributed by atoms with Gasteiger partial charge in [-0.25, -0.2) is 0 Å². The molecule has 2 aromatic rings. The summed E-state index contributed by atoms with van der Waals surface area (Å²) in [6.07, 6.45) is 3.76. The maximum Gasteiger partial charge on any atom is 0.227 e. The van der Waals surface area contributed by atoms with Gasteiger partial charge in [-0.15, -0.1) is 0 Å². The summed E-state index contributed by atoms with van der Waals surface area (Å²) >= 11 is 0. The van der Waals surface area contributed by atoms with E-state index in [0.717, 1.165) is 51.0 Å². The number of benzene rings is 2. The highest BCUT2D eigenvalue weighted by Gasteiger charge is 2.25. The van der Waals surface area contributed by atoms with Crippen molar-refractivity contribution in [3.63, 3.8) is 0 Å². The normalized spacial score (nSPS) is 15.7. The van der Waals surface area contributed by atoms with Crippen LogP contribution in [-0.2, 0) is 24.2 Å². The monoisotopic (exact) mass is 364 g/mol. The van der Waals surface area contributed by atoms with E-state index in [4.69, 9.17) is 0 Å². The fourth-order valence-electron chi connectivity index (χ4n) is 4.05. The van der Waals surface area contributed by atoms with Crippen molar-refractivity contribution in [3.05, 3.63) is 64.7 Å². The average Bonchev–Trinajstić information content (AvgIpc) is 2.68. The van der Waals surface area contributed by atoms with Crippen molar-refractivity contribution in [2.24, 2.45) is 5.92 Å². The minimum atomic E-state index is 0.119. The Labute approximate surface area is 163 Å². The lowest BCUT2D eigenvalue weighted by atomic mass is 9.94. The molecule has 1 aliphatic rings. The van der Waals surface area contributed by atoms with E-state index in [9.17, 15) is 4.79 Å². The van der Waals surface area contributed by atoms with E-state index < -0.39 is 0 Å². The Morgan fingerprint density at radius 2 is 1.67 bits per heavy atom. The van der Waals surface area contributed by atoms with Crippen molar-refractivity contribution in [3.8, 4) is 0 Å². The van der Waals surface area contributed by atoms with E-state index in [1.165, 1.54) is 22.3 Å². The molecule has 0 bridgehead atoms. The number of carbonyl (C=O) groups is 1. The second-order valence-corrected chi connectivity index (χ2v) is 7.69. The highest BCUT2D eigenvalue weighted by Crippen LogP contribution is 2.26. The lowest BCUT2D eigenvalue weighted by Crippen LogP contribution is -2.38. The van der Waals surface area contributed by atoms with Gasteiger partial charge in [-0.05, 0) is 62.4 Å². The highest BCUT2D eigenvalue weighted by atomic mass is 16.1. The zero-order valence-electron chi connectivity index (χ0n) is 16.9. The molecule has 1 aliphatic heterocycles. The van der Waals surface area contributed by atoms with Crippen molar-refractivity contribution in [1.29, 1.82) is 0 Å². The molecule has 144 valence electrons. The van der Waals surface area contributed by atoms with Gasteiger partial charge in [0.1, 0.15) is 0 Å². The molecule has 0 spiro atoms. The predicted molar refractivity (Wildman–Crippen MR) is 113 cm³/mol. The largest absolute Gasteiger partial charge is 0.325 e. The van der Waals surface area contributed by atoms with E-state index in [-0.39, 0.29) is 11.8 Å². The lowest BCUT2D eigenvalue weighted by Gasteiger charge is -2.31. The van der Waals surface area contributed by atoms with Gasteiger partial charge in [-0.1, -0.05) is 61.9 Å². The highest BCUT2D eigenvalue weighted by molar-refractivity contribution is 5.94. The number of hydrogen-bond donors (Lipinski definition) is 1. The molecule has 0 saturated carbocycles. The van der Waals surface area contributed by atoms with Crippen LogP contribution in [0.25, 0.3) is 0 Å². The van der Waals surface area contributed by atoms with Crippen LogP contribution in [0.2, 0.25) is 0 Å². The first-order valence-electron chi connectivity index (χ1n) is 10.3. The summed E-state index contributed by atoms with van der Waals surface area (Å²) in [7, 11) is 0. The number of carbonyl (C=O) groups excluding carboxylic acids is 1. The molecule has 27 heavy (non-hydrogen) atoms. The molecule has 0 radical (unpaired) electrons. The molecular weight excluding hydrogens is 332 g/mol. The minimum Gasteiger partial charge on any atom is -0.325 e. The van der Waals surface area contributed by atoms with Gasteiger partial charge in [0.2, 0.25) is 5.91 Å². The van der Waals surface area contributed by atoms with Gasteiger partial charge in [-0.3, -0.25) is 9.69 Å². The Balaban J connectivity index is 1.58. The van der Waals surface area contributed by atoms with Crippen LogP contribution in [0.5, 0.6) is 0 Å². The van der Waals surface area contributed by atoms with Gasteiger partial charge in [-0.2, -0.15) is 0 Å². The maximum atomic E-state index is 12.9. The molecule has 0 atom stereocenters. The van der Waals surface area contributed by atoms with Crippen LogP contribution in [0.3, 0.4) is 0 Å². The number of amides is 1. The first-order chi connectivity index (χ1) is 13.1. The molecule has 0 aliphatic carbocycles. The third-order valence-electron chi connectivity index (χ3n) is 5.69. The second-order valence-electron chi connectivity index (χ2n) is 7.69. The summed E-state index contributed by atoms with van der Waals surface area (Å²) in [6, 6.07) is 15.1. The number of likely N-dealkylation sites (tertiary alicyclic amines) is 1. The van der Waals surface area contributed by atoms with Gasteiger partial charge < -0.3 is 5.32 Å². The molecule has 1 saturated heterocycles. The molecule has 1 amide bonds. The molecule has 2 aromatic carbocycles. The fraction of sp³-hybridized carbons (Fsp3) is 0.458. The van der Waals surface area contributed by atoms with Gasteiger partial charge in [0.05, 0.1) is 0 Å². The van der Waals surface area contributed by atoms with Crippen LogP contribution < -0.4 is 5.32 Å². The Hall–Kier alpha value is -2.13.